The second-order valence-corrected chi connectivity index (χ2v) is 10.0. The molecular formula is C27H26N6O. The van der Waals surface area contributed by atoms with Gasteiger partial charge in [-0.1, -0.05) is 0 Å². The molecular weight excluding hydrogens is 424 g/mol. The minimum absolute atomic E-state index is 0.0844. The van der Waals surface area contributed by atoms with Crippen LogP contribution in [0.3, 0.4) is 0 Å². The van der Waals surface area contributed by atoms with Crippen LogP contribution in [-0.4, -0.2) is 37.7 Å². The molecule has 0 amide bonds. The van der Waals surface area contributed by atoms with Gasteiger partial charge < -0.3 is 15.3 Å². The predicted octanol–water partition coefficient (Wildman–Crippen LogP) is 2.26. The first-order valence-corrected chi connectivity index (χ1v) is 11.4. The number of Topliss-reactive ketones (excluding diaryl/α,β-unsaturated/α-hetero) is 1. The number of aliphatic imine (C=N–C) groups is 2. The summed E-state index contributed by atoms with van der Waals surface area (Å²) in [5.41, 5.74) is 1.69. The number of carbonyl (C=O) groups excluding carboxylic acids is 1. The predicted molar refractivity (Wildman–Crippen MR) is 134 cm³/mol. The van der Waals surface area contributed by atoms with Crippen molar-refractivity contribution >= 4 is 29.4 Å². The molecule has 0 saturated carbocycles. The number of hydrogen-bond acceptors (Lipinski definition) is 5. The average molecular weight is 451 g/mol. The number of H-pyrrole nitrogens is 2. The number of nitrogens with zero attached hydrogens (tertiary/aromatic N) is 3. The van der Waals surface area contributed by atoms with Crippen LogP contribution in [0.5, 0.6) is 0 Å². The lowest BCUT2D eigenvalue weighted by Gasteiger charge is -2.23. The SMILES string of the molecule is Cc1cnc(C23C=CC(=N2)C=c2ccc([nH]2)=CC2=NC(=CC4(C)NC(=C3)C(C)(C)C4=O)C=C2)[nH]1. The average Bonchev–Trinajstić information content (AvgIpc) is 3.58. The van der Waals surface area contributed by atoms with Crippen LogP contribution in [0.2, 0.25) is 0 Å². The Hall–Kier alpha value is -4.00. The van der Waals surface area contributed by atoms with Gasteiger partial charge in [-0.3, -0.25) is 9.79 Å². The van der Waals surface area contributed by atoms with E-state index in [0.29, 0.717) is 5.82 Å². The van der Waals surface area contributed by atoms with Gasteiger partial charge in [0.05, 0.1) is 22.5 Å². The smallest absolute Gasteiger partial charge is 0.173 e. The molecule has 0 aliphatic carbocycles. The summed E-state index contributed by atoms with van der Waals surface area (Å²) in [6.07, 6.45) is 17.7. The summed E-state index contributed by atoms with van der Waals surface area (Å²) in [6, 6.07) is 4.04. The van der Waals surface area contributed by atoms with Gasteiger partial charge in [-0.05, 0) is 88.4 Å². The molecule has 0 spiro atoms. The lowest BCUT2D eigenvalue weighted by Crippen LogP contribution is -2.41. The normalized spacial score (nSPS) is 28.5. The van der Waals surface area contributed by atoms with E-state index in [9.17, 15) is 4.79 Å². The number of rotatable bonds is 1. The highest BCUT2D eigenvalue weighted by molar-refractivity contribution is 6.20. The van der Waals surface area contributed by atoms with E-state index in [0.717, 1.165) is 39.2 Å². The van der Waals surface area contributed by atoms with Crippen molar-refractivity contribution in [3.63, 3.8) is 0 Å². The molecule has 0 radical (unpaired) electrons. The van der Waals surface area contributed by atoms with Crippen molar-refractivity contribution in [1.29, 1.82) is 0 Å². The molecule has 2 unspecified atom stereocenters. The molecule has 7 nitrogen and oxygen atoms in total. The van der Waals surface area contributed by atoms with Gasteiger partial charge in [-0.25, -0.2) is 9.98 Å². The molecule has 8 bridgehead atoms. The Labute approximate surface area is 197 Å². The molecule has 34 heavy (non-hydrogen) atoms. The highest BCUT2D eigenvalue weighted by Gasteiger charge is 2.52. The van der Waals surface area contributed by atoms with Gasteiger partial charge >= 0.3 is 0 Å². The Morgan fingerprint density at radius 1 is 0.912 bits per heavy atom. The molecule has 6 rings (SSSR count). The fourth-order valence-corrected chi connectivity index (χ4v) is 5.05. The van der Waals surface area contributed by atoms with Crippen LogP contribution < -0.4 is 16.0 Å². The molecule has 170 valence electrons. The van der Waals surface area contributed by atoms with Gasteiger partial charge in [0.2, 0.25) is 0 Å². The van der Waals surface area contributed by atoms with Crippen LogP contribution in [0.1, 0.15) is 32.3 Å². The standard InChI is InChI=1S/C27H26N6O/c1-16-15-28-24(29-16)27-10-9-20(32-27)12-19-6-5-17(30-19)11-18-7-8-21(31-18)13-26(4)23(34)25(2,3)22(14-27)33-26/h5-15,30,33H,1-4H3,(H,28,29). The van der Waals surface area contributed by atoms with Crippen LogP contribution in [-0.2, 0) is 10.3 Å². The number of aryl methyl sites for hydroxylation is 1. The fraction of sp³-hybridized carbons (Fsp3) is 0.259. The van der Waals surface area contributed by atoms with Gasteiger partial charge in [0.1, 0.15) is 11.4 Å². The number of aromatic nitrogens is 3. The van der Waals surface area contributed by atoms with Crippen molar-refractivity contribution in [2.75, 3.05) is 0 Å². The summed E-state index contributed by atoms with van der Waals surface area (Å²) in [7, 11) is 0. The van der Waals surface area contributed by atoms with E-state index < -0.39 is 16.5 Å². The van der Waals surface area contributed by atoms with Crippen LogP contribution in [0, 0.1) is 12.3 Å². The van der Waals surface area contributed by atoms with E-state index in [2.05, 4.69) is 20.3 Å². The van der Waals surface area contributed by atoms with Gasteiger partial charge in [0.15, 0.2) is 11.3 Å². The minimum atomic E-state index is -0.897. The second kappa shape index (κ2) is 6.76. The van der Waals surface area contributed by atoms with Gasteiger partial charge in [-0.15, -0.1) is 0 Å². The van der Waals surface area contributed by atoms with Crippen molar-refractivity contribution in [3.05, 3.63) is 88.4 Å². The molecule has 0 aromatic carbocycles. The van der Waals surface area contributed by atoms with Crippen LogP contribution in [0.4, 0.5) is 0 Å². The molecule has 7 heteroatoms. The highest BCUT2D eigenvalue weighted by atomic mass is 16.1. The Kier molecular flexibility index (Phi) is 4.09. The molecule has 4 aliphatic heterocycles. The molecule has 3 N–H and O–H groups in total. The quantitative estimate of drug-likeness (QED) is 0.622. The van der Waals surface area contributed by atoms with Gasteiger partial charge in [0, 0.05) is 28.3 Å². The van der Waals surface area contributed by atoms with Crippen LogP contribution in [0.25, 0.3) is 12.2 Å². The summed E-state index contributed by atoms with van der Waals surface area (Å²) >= 11 is 0. The lowest BCUT2D eigenvalue weighted by atomic mass is 9.80. The first-order chi connectivity index (χ1) is 16.2. The summed E-state index contributed by atoms with van der Waals surface area (Å²) in [4.78, 5) is 34.8. The summed E-state index contributed by atoms with van der Waals surface area (Å²) in [5, 5.41) is 5.41. The molecule has 1 fully saturated rings. The summed E-state index contributed by atoms with van der Waals surface area (Å²) < 4.78 is 0. The second-order valence-electron chi connectivity index (χ2n) is 10.0. The Morgan fingerprint density at radius 3 is 2.41 bits per heavy atom. The van der Waals surface area contributed by atoms with E-state index in [1.807, 2.05) is 88.4 Å². The number of imidazole rings is 1. The zero-order valence-corrected chi connectivity index (χ0v) is 19.6. The van der Waals surface area contributed by atoms with Crippen molar-refractivity contribution in [1.82, 2.24) is 20.3 Å². The molecule has 2 aromatic rings. The van der Waals surface area contributed by atoms with E-state index in [4.69, 9.17) is 9.98 Å². The number of fused-ring (bicyclic) bond motifs is 6. The van der Waals surface area contributed by atoms with Crippen LogP contribution in [0.15, 0.2) is 76.2 Å². The molecule has 1 saturated heterocycles. The van der Waals surface area contributed by atoms with Crippen molar-refractivity contribution in [3.8, 4) is 0 Å². The maximum Gasteiger partial charge on any atom is 0.173 e. The molecule has 2 aromatic heterocycles. The van der Waals surface area contributed by atoms with Gasteiger partial charge in [-0.2, -0.15) is 0 Å². The number of ketones is 1. The van der Waals surface area contributed by atoms with E-state index in [-0.39, 0.29) is 5.78 Å². The van der Waals surface area contributed by atoms with E-state index >= 15 is 0 Å². The van der Waals surface area contributed by atoms with Crippen LogP contribution >= 0.6 is 0 Å². The largest absolute Gasteiger partial charge is 0.373 e. The third-order valence-electron chi connectivity index (χ3n) is 6.83. The Bertz CT molecular complexity index is 1550. The lowest BCUT2D eigenvalue weighted by molar-refractivity contribution is -0.126. The number of carbonyl (C=O) groups is 1. The Morgan fingerprint density at radius 2 is 1.68 bits per heavy atom. The highest BCUT2D eigenvalue weighted by Crippen LogP contribution is 2.43. The first kappa shape index (κ1) is 20.6. The van der Waals surface area contributed by atoms with E-state index in [1.165, 1.54) is 0 Å². The molecule has 2 atom stereocenters. The fourth-order valence-electron chi connectivity index (χ4n) is 5.05. The maximum atomic E-state index is 13.7. The van der Waals surface area contributed by atoms with E-state index in [1.54, 1.807) is 6.20 Å². The number of hydrogen-bond donors (Lipinski definition) is 3. The van der Waals surface area contributed by atoms with Crippen molar-refractivity contribution in [2.45, 2.75) is 38.8 Å². The molecule has 4 aliphatic rings. The minimum Gasteiger partial charge on any atom is -0.373 e. The van der Waals surface area contributed by atoms with Gasteiger partial charge in [0.25, 0.3) is 0 Å². The first-order valence-electron chi connectivity index (χ1n) is 11.4. The number of allylic oxidation sites excluding steroid dienone is 4. The summed E-state index contributed by atoms with van der Waals surface area (Å²) in [5.74, 6) is 0.796. The van der Waals surface area contributed by atoms with Crippen molar-refractivity contribution < 1.29 is 4.79 Å². The topological polar surface area (TPSA) is 98.3 Å². The maximum absolute atomic E-state index is 13.7. The third kappa shape index (κ3) is 3.11. The number of aromatic amines is 2. The monoisotopic (exact) mass is 450 g/mol. The third-order valence-corrected chi connectivity index (χ3v) is 6.83. The zero-order valence-electron chi connectivity index (χ0n) is 19.6. The van der Waals surface area contributed by atoms with Crippen molar-refractivity contribution in [2.24, 2.45) is 15.4 Å². The zero-order chi connectivity index (χ0) is 23.7. The molecule has 6 heterocycles. The number of nitrogens with one attached hydrogen (secondary N) is 3. The Balaban J connectivity index is 1.63. The summed E-state index contributed by atoms with van der Waals surface area (Å²) in [6.45, 7) is 7.79.